The lowest BCUT2D eigenvalue weighted by Gasteiger charge is -2.59. The standard InChI is InChI=1S/C29H47NO/c1-20(2)8-7-9-21(3)23-10-11-24-22-12-15-29(19-30)18-26(4,31)16-17-28(29,6)25(22)13-14-27(23,24)5/h20-21,23-24,31H,7-18H2,1-6H3/t21-,23?,24?,26-,27-,28-,29?/m1/s1. The van der Waals surface area contributed by atoms with Crippen LogP contribution >= 0.6 is 0 Å². The van der Waals surface area contributed by atoms with Gasteiger partial charge in [0.05, 0.1) is 17.1 Å². The van der Waals surface area contributed by atoms with Crippen LogP contribution in [0.3, 0.4) is 0 Å². The first kappa shape index (κ1) is 23.4. The van der Waals surface area contributed by atoms with Crippen LogP contribution in [0.5, 0.6) is 0 Å². The molecule has 2 fully saturated rings. The topological polar surface area (TPSA) is 44.0 Å². The highest BCUT2D eigenvalue weighted by atomic mass is 16.3. The number of nitrogens with zero attached hydrogens (tertiary/aromatic N) is 1. The van der Waals surface area contributed by atoms with Gasteiger partial charge in [-0.1, -0.05) is 65.0 Å². The smallest absolute Gasteiger partial charge is 0.0700 e. The molecule has 0 aromatic rings. The summed E-state index contributed by atoms with van der Waals surface area (Å²) in [7, 11) is 0. The van der Waals surface area contributed by atoms with Crippen molar-refractivity contribution >= 4 is 0 Å². The largest absolute Gasteiger partial charge is 0.390 e. The van der Waals surface area contributed by atoms with Gasteiger partial charge in [0.1, 0.15) is 0 Å². The zero-order chi connectivity index (χ0) is 22.7. The number of rotatable bonds is 5. The summed E-state index contributed by atoms with van der Waals surface area (Å²) in [4.78, 5) is 0. The Morgan fingerprint density at radius 3 is 2.42 bits per heavy atom. The summed E-state index contributed by atoms with van der Waals surface area (Å²) in [5.41, 5.74) is 2.80. The fourth-order valence-electron chi connectivity index (χ4n) is 8.96. The lowest BCUT2D eigenvalue weighted by Crippen LogP contribution is -2.54. The molecule has 0 bridgehead atoms. The molecule has 0 amide bonds. The summed E-state index contributed by atoms with van der Waals surface area (Å²) in [6.45, 7) is 14.2. The first-order valence-corrected chi connectivity index (χ1v) is 13.3. The summed E-state index contributed by atoms with van der Waals surface area (Å²) in [5, 5.41) is 21.2. The summed E-state index contributed by atoms with van der Waals surface area (Å²) < 4.78 is 0. The number of hydrogen-bond acceptors (Lipinski definition) is 2. The average Bonchev–Trinajstić information content (AvgIpc) is 3.05. The van der Waals surface area contributed by atoms with Crippen LogP contribution in [0.4, 0.5) is 0 Å². The third kappa shape index (κ3) is 3.62. The van der Waals surface area contributed by atoms with E-state index in [0.29, 0.717) is 11.8 Å². The van der Waals surface area contributed by atoms with Crippen LogP contribution in [0.15, 0.2) is 11.1 Å². The Bertz CT molecular complexity index is 772. The molecule has 4 aliphatic rings. The molecule has 4 aliphatic carbocycles. The van der Waals surface area contributed by atoms with Gasteiger partial charge in [-0.15, -0.1) is 0 Å². The minimum Gasteiger partial charge on any atom is -0.390 e. The van der Waals surface area contributed by atoms with E-state index in [2.05, 4.69) is 40.7 Å². The third-order valence-electron chi connectivity index (χ3n) is 10.9. The van der Waals surface area contributed by atoms with E-state index < -0.39 is 5.60 Å². The van der Waals surface area contributed by atoms with Gasteiger partial charge in [0.2, 0.25) is 0 Å². The van der Waals surface area contributed by atoms with Crippen LogP contribution in [-0.4, -0.2) is 10.7 Å². The fraction of sp³-hybridized carbons (Fsp3) is 0.897. The highest BCUT2D eigenvalue weighted by molar-refractivity contribution is 5.39. The van der Waals surface area contributed by atoms with E-state index >= 15 is 0 Å². The first-order valence-electron chi connectivity index (χ1n) is 13.3. The molecule has 1 N–H and O–H groups in total. The Labute approximate surface area is 191 Å². The van der Waals surface area contributed by atoms with Gasteiger partial charge in [-0.3, -0.25) is 0 Å². The van der Waals surface area contributed by atoms with Crippen LogP contribution in [0, 0.1) is 51.2 Å². The number of fused-ring (bicyclic) bond motifs is 4. The van der Waals surface area contributed by atoms with E-state index in [4.69, 9.17) is 0 Å². The number of aliphatic hydroxyl groups is 1. The Morgan fingerprint density at radius 1 is 1.00 bits per heavy atom. The Hall–Kier alpha value is -0.810. The average molecular weight is 426 g/mol. The maximum absolute atomic E-state index is 10.8. The van der Waals surface area contributed by atoms with E-state index in [9.17, 15) is 10.4 Å². The van der Waals surface area contributed by atoms with Crippen molar-refractivity contribution in [1.82, 2.24) is 0 Å². The predicted octanol–water partition coefficient (Wildman–Crippen LogP) is 7.82. The molecule has 7 atom stereocenters. The van der Waals surface area contributed by atoms with Crippen molar-refractivity contribution in [3.8, 4) is 6.07 Å². The minimum absolute atomic E-state index is 0.0279. The summed E-state index contributed by atoms with van der Waals surface area (Å²) in [5.74, 6) is 3.25. The maximum atomic E-state index is 10.8. The van der Waals surface area contributed by atoms with E-state index in [-0.39, 0.29) is 10.8 Å². The van der Waals surface area contributed by atoms with Crippen LogP contribution in [0.25, 0.3) is 0 Å². The van der Waals surface area contributed by atoms with Gasteiger partial charge >= 0.3 is 0 Å². The molecular formula is C29H47NO. The SMILES string of the molecule is CC(C)CCC[C@@H](C)C1CCC2C3=C(CC[C@@]21C)[C@@]1(C)CC[C@@](C)(O)CC1(C#N)CC3. The van der Waals surface area contributed by atoms with Crippen molar-refractivity contribution < 1.29 is 5.11 Å². The molecule has 0 heterocycles. The molecule has 4 rings (SSSR count). The van der Waals surface area contributed by atoms with E-state index in [1.165, 1.54) is 44.9 Å². The number of nitriles is 1. The molecule has 3 unspecified atom stereocenters. The lowest BCUT2D eigenvalue weighted by atomic mass is 9.44. The van der Waals surface area contributed by atoms with E-state index in [1.807, 2.05) is 6.92 Å². The molecule has 0 aromatic heterocycles. The van der Waals surface area contributed by atoms with Gasteiger partial charge < -0.3 is 5.11 Å². The minimum atomic E-state index is -0.680. The molecule has 0 aromatic carbocycles. The normalized spacial score (nSPS) is 45.6. The van der Waals surface area contributed by atoms with Crippen molar-refractivity contribution in [2.75, 3.05) is 0 Å². The quantitative estimate of drug-likeness (QED) is 0.456. The summed E-state index contributed by atoms with van der Waals surface area (Å²) in [6.07, 6.45) is 13.9. The second-order valence-corrected chi connectivity index (χ2v) is 13.2. The zero-order valence-corrected chi connectivity index (χ0v) is 21.2. The highest BCUT2D eigenvalue weighted by Crippen LogP contribution is 2.69. The molecular weight excluding hydrogens is 378 g/mol. The monoisotopic (exact) mass is 425 g/mol. The van der Waals surface area contributed by atoms with Crippen molar-refractivity contribution in [3.63, 3.8) is 0 Å². The molecule has 0 aliphatic heterocycles. The predicted molar refractivity (Wildman–Crippen MR) is 128 cm³/mol. The van der Waals surface area contributed by atoms with Crippen molar-refractivity contribution in [2.24, 2.45) is 39.9 Å². The van der Waals surface area contributed by atoms with Gasteiger partial charge in [0.25, 0.3) is 0 Å². The number of allylic oxidation sites excluding steroid dienone is 2. The second-order valence-electron chi connectivity index (χ2n) is 13.2. The first-order chi connectivity index (χ1) is 14.5. The van der Waals surface area contributed by atoms with Gasteiger partial charge in [-0.2, -0.15) is 5.26 Å². The number of hydrogen-bond donors (Lipinski definition) is 1. The molecule has 0 spiro atoms. The van der Waals surface area contributed by atoms with Gasteiger partial charge in [0.15, 0.2) is 0 Å². The van der Waals surface area contributed by atoms with E-state index in [0.717, 1.165) is 49.4 Å². The van der Waals surface area contributed by atoms with Crippen LogP contribution in [0.2, 0.25) is 0 Å². The Balaban J connectivity index is 1.60. The van der Waals surface area contributed by atoms with Crippen molar-refractivity contribution in [3.05, 3.63) is 11.1 Å². The molecule has 2 heteroatoms. The van der Waals surface area contributed by atoms with Gasteiger partial charge in [0, 0.05) is 5.41 Å². The van der Waals surface area contributed by atoms with Gasteiger partial charge in [-0.05, 0) is 93.8 Å². The van der Waals surface area contributed by atoms with E-state index in [1.54, 1.807) is 11.1 Å². The third-order valence-corrected chi connectivity index (χ3v) is 10.9. The van der Waals surface area contributed by atoms with Crippen molar-refractivity contribution in [1.29, 1.82) is 5.26 Å². The Kier molecular flexibility index (Phi) is 5.95. The second kappa shape index (κ2) is 7.90. The molecule has 2 saturated carbocycles. The Morgan fingerprint density at radius 2 is 1.74 bits per heavy atom. The zero-order valence-electron chi connectivity index (χ0n) is 21.2. The maximum Gasteiger partial charge on any atom is 0.0700 e. The molecule has 2 nitrogen and oxygen atoms in total. The van der Waals surface area contributed by atoms with Crippen LogP contribution in [0.1, 0.15) is 119 Å². The van der Waals surface area contributed by atoms with Crippen LogP contribution in [-0.2, 0) is 0 Å². The molecule has 0 saturated heterocycles. The summed E-state index contributed by atoms with van der Waals surface area (Å²) in [6, 6.07) is 2.78. The molecule has 31 heavy (non-hydrogen) atoms. The van der Waals surface area contributed by atoms with Crippen molar-refractivity contribution in [2.45, 2.75) is 124 Å². The molecule has 0 radical (unpaired) electrons. The molecule has 174 valence electrons. The highest BCUT2D eigenvalue weighted by Gasteiger charge is 2.62. The van der Waals surface area contributed by atoms with Crippen LogP contribution < -0.4 is 0 Å². The summed E-state index contributed by atoms with van der Waals surface area (Å²) >= 11 is 0. The lowest BCUT2D eigenvalue weighted by molar-refractivity contribution is -0.0806. The fourth-order valence-corrected chi connectivity index (χ4v) is 8.96. The van der Waals surface area contributed by atoms with Gasteiger partial charge in [-0.25, -0.2) is 0 Å².